The number of benzene rings is 2. The van der Waals surface area contributed by atoms with Crippen LogP contribution in [-0.4, -0.2) is 83.5 Å². The summed E-state index contributed by atoms with van der Waals surface area (Å²) >= 11 is 5.99. The Morgan fingerprint density at radius 1 is 0.955 bits per heavy atom. The number of carbonyl (C=O) groups is 3. The Hall–Kier alpha value is -3.67. The van der Waals surface area contributed by atoms with Crippen LogP contribution in [0.25, 0.3) is 11.1 Å². The van der Waals surface area contributed by atoms with Crippen molar-refractivity contribution in [1.29, 1.82) is 0 Å². The Morgan fingerprint density at radius 3 is 2.45 bits per heavy atom. The van der Waals surface area contributed by atoms with Gasteiger partial charge in [0.1, 0.15) is 12.1 Å². The number of rotatable bonds is 20. The average Bonchev–Trinajstić information content (AvgIpc) is 3.38. The Kier molecular flexibility index (Phi) is 13.9. The summed E-state index contributed by atoms with van der Waals surface area (Å²) in [5, 5.41) is 22.4. The number of nitrogens with one attached hydrogen (secondary N) is 1. The molecule has 0 aliphatic rings. The minimum Gasteiger partial charge on any atom is -0.480 e. The lowest BCUT2D eigenvalue weighted by molar-refractivity contribution is -0.175. The lowest BCUT2D eigenvalue weighted by Crippen LogP contribution is -2.50. The van der Waals surface area contributed by atoms with Crippen LogP contribution in [0.5, 0.6) is 0 Å². The molecule has 0 aliphatic carbocycles. The van der Waals surface area contributed by atoms with Gasteiger partial charge in [0.2, 0.25) is 0 Å². The van der Waals surface area contributed by atoms with Crippen molar-refractivity contribution in [2.24, 2.45) is 0 Å². The van der Waals surface area contributed by atoms with E-state index in [0.29, 0.717) is 48.1 Å². The van der Waals surface area contributed by atoms with E-state index in [9.17, 15) is 19.5 Å². The van der Waals surface area contributed by atoms with Gasteiger partial charge in [0, 0.05) is 31.8 Å². The van der Waals surface area contributed by atoms with Crippen LogP contribution in [0.2, 0.25) is 5.02 Å². The number of anilines is 1. The van der Waals surface area contributed by atoms with Crippen LogP contribution in [0.1, 0.15) is 55.2 Å². The predicted octanol–water partition coefficient (Wildman–Crippen LogP) is 5.49. The van der Waals surface area contributed by atoms with E-state index in [1.165, 1.54) is 21.6 Å². The second kappa shape index (κ2) is 17.6. The standard InChI is InChI=1S/C32H42ClN3O8/c1-21-11-12-23(18-22(21)2)10-6-4-9-17-42-28(29(31(40)41)43-20-27(37)38)30(39)36(3)16-8-5-7-15-34-32-35-25-19-24(33)13-14-26(25)44-32/h11-14,18-19,28-29H,4-10,15-17,20H2,1-3H3,(H,34,35)(H,37,38)(H,40,41). The second-order valence-electron chi connectivity index (χ2n) is 10.9. The van der Waals surface area contributed by atoms with Crippen LogP contribution in [0.15, 0.2) is 40.8 Å². The molecule has 0 saturated heterocycles. The number of ether oxygens (including phenoxy) is 2. The van der Waals surface area contributed by atoms with Crippen molar-refractivity contribution >= 4 is 46.6 Å². The van der Waals surface area contributed by atoms with Crippen LogP contribution >= 0.6 is 11.6 Å². The number of carbonyl (C=O) groups excluding carboxylic acids is 1. The molecule has 0 bridgehead atoms. The lowest BCUT2D eigenvalue weighted by Gasteiger charge is -2.27. The van der Waals surface area contributed by atoms with Crippen molar-refractivity contribution in [2.75, 3.05) is 38.7 Å². The van der Waals surface area contributed by atoms with E-state index in [1.807, 2.05) is 0 Å². The van der Waals surface area contributed by atoms with Gasteiger partial charge in [0.25, 0.3) is 11.9 Å². The molecule has 240 valence electrons. The van der Waals surface area contributed by atoms with Crippen molar-refractivity contribution in [3.05, 3.63) is 58.1 Å². The molecule has 2 atom stereocenters. The topological polar surface area (TPSA) is 151 Å². The Bertz CT molecular complexity index is 1400. The molecule has 1 amide bonds. The van der Waals surface area contributed by atoms with Crippen LogP contribution < -0.4 is 5.32 Å². The minimum atomic E-state index is -1.74. The van der Waals surface area contributed by atoms with E-state index in [-0.39, 0.29) is 6.61 Å². The molecule has 1 heterocycles. The zero-order valence-corrected chi connectivity index (χ0v) is 26.3. The normalized spacial score (nSPS) is 12.6. The molecule has 3 aromatic rings. The van der Waals surface area contributed by atoms with Gasteiger partial charge >= 0.3 is 11.9 Å². The minimum absolute atomic E-state index is 0.144. The highest BCUT2D eigenvalue weighted by molar-refractivity contribution is 6.31. The molecule has 1 aromatic heterocycles. The number of carboxylic acid groups (broad SMARTS) is 2. The Labute approximate surface area is 262 Å². The number of likely N-dealkylation sites (N-methyl/N-ethyl adjacent to an activating group) is 1. The maximum absolute atomic E-state index is 13.3. The number of hydrogen-bond donors (Lipinski definition) is 3. The van der Waals surface area contributed by atoms with Crippen LogP contribution in [0, 0.1) is 13.8 Å². The number of unbranched alkanes of at least 4 members (excludes halogenated alkanes) is 4. The average molecular weight is 632 g/mol. The SMILES string of the molecule is Cc1ccc(CCCCCOC(C(=O)N(C)CCCCCNc2nc3cc(Cl)ccc3o2)C(OCC(=O)O)C(=O)O)cc1C. The zero-order valence-electron chi connectivity index (χ0n) is 25.5. The maximum Gasteiger partial charge on any atom is 0.336 e. The van der Waals surface area contributed by atoms with Crippen molar-refractivity contribution in [2.45, 2.75) is 71.0 Å². The highest BCUT2D eigenvalue weighted by Crippen LogP contribution is 2.22. The molecule has 3 rings (SSSR count). The van der Waals surface area contributed by atoms with E-state index in [1.54, 1.807) is 25.2 Å². The molecule has 12 heteroatoms. The quantitative estimate of drug-likeness (QED) is 0.136. The van der Waals surface area contributed by atoms with E-state index in [4.69, 9.17) is 30.6 Å². The number of fused-ring (bicyclic) bond motifs is 1. The number of aliphatic carboxylic acids is 2. The van der Waals surface area contributed by atoms with E-state index in [2.05, 4.69) is 42.3 Å². The van der Waals surface area contributed by atoms with Crippen molar-refractivity contribution in [3.63, 3.8) is 0 Å². The smallest absolute Gasteiger partial charge is 0.336 e. The lowest BCUT2D eigenvalue weighted by atomic mass is 10.0. The van der Waals surface area contributed by atoms with Gasteiger partial charge in [0.15, 0.2) is 17.8 Å². The second-order valence-corrected chi connectivity index (χ2v) is 11.3. The molecule has 0 aliphatic heterocycles. The molecular weight excluding hydrogens is 590 g/mol. The largest absolute Gasteiger partial charge is 0.480 e. The number of aryl methyl sites for hydroxylation is 3. The summed E-state index contributed by atoms with van der Waals surface area (Å²) in [6.45, 7) is 4.42. The predicted molar refractivity (Wildman–Crippen MR) is 167 cm³/mol. The van der Waals surface area contributed by atoms with Gasteiger partial charge in [-0.2, -0.15) is 4.98 Å². The van der Waals surface area contributed by atoms with Crippen molar-refractivity contribution < 1.29 is 38.5 Å². The number of aromatic nitrogens is 1. The molecule has 11 nitrogen and oxygen atoms in total. The van der Waals surface area contributed by atoms with Crippen LogP contribution in [0.3, 0.4) is 0 Å². The summed E-state index contributed by atoms with van der Waals surface area (Å²) in [6.07, 6.45) is 2.27. The molecular formula is C32H42ClN3O8. The van der Waals surface area contributed by atoms with Crippen molar-refractivity contribution in [3.8, 4) is 0 Å². The van der Waals surface area contributed by atoms with Gasteiger partial charge in [-0.25, -0.2) is 9.59 Å². The summed E-state index contributed by atoms with van der Waals surface area (Å²) < 4.78 is 16.5. The number of halogens is 1. The first-order valence-corrected chi connectivity index (χ1v) is 15.2. The molecule has 0 radical (unpaired) electrons. The highest BCUT2D eigenvalue weighted by Gasteiger charge is 2.37. The van der Waals surface area contributed by atoms with E-state index in [0.717, 1.165) is 32.1 Å². The first-order valence-electron chi connectivity index (χ1n) is 14.8. The molecule has 44 heavy (non-hydrogen) atoms. The fourth-order valence-corrected chi connectivity index (χ4v) is 4.83. The number of amides is 1. The van der Waals surface area contributed by atoms with Crippen molar-refractivity contribution in [1.82, 2.24) is 9.88 Å². The molecule has 2 aromatic carbocycles. The third-order valence-corrected chi connectivity index (χ3v) is 7.53. The zero-order chi connectivity index (χ0) is 32.1. The van der Waals surface area contributed by atoms with E-state index < -0.39 is 36.7 Å². The molecule has 0 fully saturated rings. The maximum atomic E-state index is 13.3. The van der Waals surface area contributed by atoms with Gasteiger partial charge in [0.05, 0.1) is 0 Å². The Balaban J connectivity index is 1.44. The fraction of sp³-hybridized carbons (Fsp3) is 0.500. The Morgan fingerprint density at radius 2 is 1.73 bits per heavy atom. The number of carboxylic acids is 2. The highest BCUT2D eigenvalue weighted by atomic mass is 35.5. The van der Waals surface area contributed by atoms with Gasteiger partial charge in [-0.3, -0.25) is 4.79 Å². The summed E-state index contributed by atoms with van der Waals surface area (Å²) in [5.41, 5.74) is 5.06. The molecule has 2 unspecified atom stereocenters. The summed E-state index contributed by atoms with van der Waals surface area (Å²) in [6, 6.07) is 12.0. The van der Waals surface area contributed by atoms with Crippen LogP contribution in [-0.2, 0) is 30.3 Å². The number of oxazole rings is 1. The summed E-state index contributed by atoms with van der Waals surface area (Å²) in [5.74, 6) is -3.36. The third kappa shape index (κ3) is 11.1. The number of hydrogen-bond acceptors (Lipinski definition) is 8. The first-order chi connectivity index (χ1) is 21.0. The molecule has 3 N–H and O–H groups in total. The monoisotopic (exact) mass is 631 g/mol. The van der Waals surface area contributed by atoms with E-state index >= 15 is 0 Å². The molecule has 0 saturated carbocycles. The van der Waals surface area contributed by atoms with Gasteiger partial charge < -0.3 is 34.3 Å². The number of nitrogens with zero attached hydrogens (tertiary/aromatic N) is 2. The third-order valence-electron chi connectivity index (χ3n) is 7.30. The van der Waals surface area contributed by atoms with Gasteiger partial charge in [-0.05, 0) is 87.3 Å². The summed E-state index contributed by atoms with van der Waals surface area (Å²) in [4.78, 5) is 42.0. The van der Waals surface area contributed by atoms with Crippen LogP contribution in [0.4, 0.5) is 6.01 Å². The summed E-state index contributed by atoms with van der Waals surface area (Å²) in [7, 11) is 1.57. The first kappa shape index (κ1) is 34.8. The van der Waals surface area contributed by atoms with Gasteiger partial charge in [-0.15, -0.1) is 0 Å². The molecule has 0 spiro atoms. The van der Waals surface area contributed by atoms with Gasteiger partial charge in [-0.1, -0.05) is 36.2 Å². The fourth-order valence-electron chi connectivity index (χ4n) is 4.66.